The van der Waals surface area contributed by atoms with Crippen LogP contribution in [0.1, 0.15) is 29.9 Å². The van der Waals surface area contributed by atoms with Gasteiger partial charge < -0.3 is 15.6 Å². The molecule has 3 heterocycles. The number of nitrogens with one attached hydrogen (secondary N) is 1. The van der Waals surface area contributed by atoms with Gasteiger partial charge in [-0.15, -0.1) is 0 Å². The Morgan fingerprint density at radius 3 is 2.65 bits per heavy atom. The van der Waals surface area contributed by atoms with Crippen LogP contribution in [0.2, 0.25) is 0 Å². The Labute approximate surface area is 133 Å². The Balaban J connectivity index is 1.62. The number of carbonyl (C=O) groups excluding carboxylic acids is 2. The monoisotopic (exact) mass is 319 g/mol. The van der Waals surface area contributed by atoms with Gasteiger partial charge >= 0.3 is 0 Å². The van der Waals surface area contributed by atoms with E-state index in [1.165, 1.54) is 0 Å². The van der Waals surface area contributed by atoms with Gasteiger partial charge in [-0.05, 0) is 32.9 Å². The van der Waals surface area contributed by atoms with Crippen molar-refractivity contribution in [2.75, 3.05) is 19.6 Å². The molecule has 1 aromatic rings. The molecule has 0 aromatic carbocycles. The van der Waals surface area contributed by atoms with Crippen LogP contribution < -0.4 is 11.3 Å². The molecule has 1 saturated heterocycles. The van der Waals surface area contributed by atoms with Crippen molar-refractivity contribution in [1.82, 2.24) is 19.8 Å². The third-order valence-corrected chi connectivity index (χ3v) is 4.54. The number of nitrogens with zero attached hydrogens (tertiary/aromatic N) is 3. The normalized spacial score (nSPS) is 18.9. The second-order valence-corrected chi connectivity index (χ2v) is 6.29. The van der Waals surface area contributed by atoms with Crippen LogP contribution in [0.4, 0.5) is 0 Å². The van der Waals surface area contributed by atoms with E-state index in [9.17, 15) is 14.4 Å². The lowest BCUT2D eigenvalue weighted by Gasteiger charge is -2.32. The number of nitrogens with two attached hydrogens (primary N) is 1. The zero-order chi connectivity index (χ0) is 16.6. The summed E-state index contributed by atoms with van der Waals surface area (Å²) in [5, 5.41) is 0. The van der Waals surface area contributed by atoms with Gasteiger partial charge in [-0.1, -0.05) is 0 Å². The summed E-state index contributed by atoms with van der Waals surface area (Å²) in [5.41, 5.74) is 6.34. The van der Waals surface area contributed by atoms with Gasteiger partial charge in [0.05, 0.1) is 30.9 Å². The van der Waals surface area contributed by atoms with E-state index < -0.39 is 0 Å². The molecule has 0 atom stereocenters. The lowest BCUT2D eigenvalue weighted by atomic mass is 9.95. The minimum absolute atomic E-state index is 0.0615. The molecule has 8 heteroatoms. The smallest absolute Gasteiger partial charge is 0.256 e. The van der Waals surface area contributed by atoms with Crippen LogP contribution >= 0.6 is 0 Å². The molecule has 1 fully saturated rings. The number of fused-ring (bicyclic) bond motifs is 1. The molecule has 124 valence electrons. The van der Waals surface area contributed by atoms with Gasteiger partial charge in [-0.3, -0.25) is 19.3 Å². The fourth-order valence-corrected chi connectivity index (χ4v) is 3.36. The Morgan fingerprint density at radius 1 is 1.30 bits per heavy atom. The van der Waals surface area contributed by atoms with E-state index in [-0.39, 0.29) is 29.8 Å². The van der Waals surface area contributed by atoms with Gasteiger partial charge in [0.1, 0.15) is 5.82 Å². The number of piperidine rings is 1. The molecule has 3 rings (SSSR count). The summed E-state index contributed by atoms with van der Waals surface area (Å²) in [7, 11) is 0. The molecular formula is C15H21N5O3. The maximum absolute atomic E-state index is 12.7. The van der Waals surface area contributed by atoms with Gasteiger partial charge in [-0.25, -0.2) is 4.98 Å². The van der Waals surface area contributed by atoms with Crippen LogP contribution in [-0.4, -0.2) is 51.2 Å². The van der Waals surface area contributed by atoms with E-state index in [1.54, 1.807) is 11.8 Å². The van der Waals surface area contributed by atoms with Crippen LogP contribution in [0.3, 0.4) is 0 Å². The average Bonchev–Trinajstić information content (AvgIpc) is 2.91. The highest BCUT2D eigenvalue weighted by Gasteiger charge is 2.33. The van der Waals surface area contributed by atoms with Gasteiger partial charge in [0.2, 0.25) is 11.8 Å². The molecule has 0 aliphatic carbocycles. The van der Waals surface area contributed by atoms with Crippen LogP contribution in [-0.2, 0) is 22.7 Å². The Kier molecular flexibility index (Phi) is 4.16. The molecule has 0 unspecified atom stereocenters. The number of primary amides is 1. The fraction of sp³-hybridized carbons (Fsp3) is 0.600. The summed E-state index contributed by atoms with van der Waals surface area (Å²) in [6, 6.07) is 0. The van der Waals surface area contributed by atoms with Crippen molar-refractivity contribution in [2.45, 2.75) is 32.9 Å². The van der Waals surface area contributed by atoms with E-state index >= 15 is 0 Å². The number of amides is 2. The lowest BCUT2D eigenvalue weighted by molar-refractivity contribution is -0.137. The molecule has 0 radical (unpaired) electrons. The van der Waals surface area contributed by atoms with Crippen molar-refractivity contribution in [3.8, 4) is 0 Å². The molecule has 23 heavy (non-hydrogen) atoms. The average molecular weight is 319 g/mol. The number of likely N-dealkylation sites (tertiary alicyclic amines) is 1. The number of hydrogen-bond donors (Lipinski definition) is 2. The Morgan fingerprint density at radius 2 is 2.00 bits per heavy atom. The third-order valence-electron chi connectivity index (χ3n) is 4.54. The number of aromatic nitrogens is 2. The Hall–Kier alpha value is -2.22. The summed E-state index contributed by atoms with van der Waals surface area (Å²) >= 11 is 0. The fourth-order valence-electron chi connectivity index (χ4n) is 3.36. The molecule has 0 bridgehead atoms. The second kappa shape index (κ2) is 6.11. The third kappa shape index (κ3) is 3.26. The summed E-state index contributed by atoms with van der Waals surface area (Å²) in [5.74, 6) is 0.237. The highest BCUT2D eigenvalue weighted by Crippen LogP contribution is 2.25. The van der Waals surface area contributed by atoms with Gasteiger partial charge in [0.25, 0.3) is 5.56 Å². The van der Waals surface area contributed by atoms with Crippen LogP contribution in [0.25, 0.3) is 0 Å². The highest BCUT2D eigenvalue weighted by molar-refractivity contribution is 5.79. The van der Waals surface area contributed by atoms with Crippen LogP contribution in [0.5, 0.6) is 0 Å². The van der Waals surface area contributed by atoms with Crippen LogP contribution in [0.15, 0.2) is 4.79 Å². The van der Waals surface area contributed by atoms with E-state index in [1.807, 2.05) is 4.90 Å². The molecule has 0 saturated carbocycles. The molecule has 3 N–H and O–H groups in total. The maximum atomic E-state index is 12.7. The first-order chi connectivity index (χ1) is 10.9. The number of H-pyrrole nitrogens is 1. The minimum atomic E-state index is -0.342. The van der Waals surface area contributed by atoms with E-state index in [2.05, 4.69) is 9.97 Å². The molecule has 8 nitrogen and oxygen atoms in total. The Bertz CT molecular complexity index is 691. The predicted molar refractivity (Wildman–Crippen MR) is 82.2 cm³/mol. The van der Waals surface area contributed by atoms with Crippen molar-refractivity contribution in [1.29, 1.82) is 0 Å². The second-order valence-electron chi connectivity index (χ2n) is 6.29. The lowest BCUT2D eigenvalue weighted by Crippen LogP contribution is -2.43. The van der Waals surface area contributed by atoms with E-state index in [4.69, 9.17) is 5.73 Å². The molecule has 2 aliphatic heterocycles. The maximum Gasteiger partial charge on any atom is 0.256 e. The highest BCUT2D eigenvalue weighted by atomic mass is 16.2. The van der Waals surface area contributed by atoms with Crippen molar-refractivity contribution in [3.63, 3.8) is 0 Å². The first kappa shape index (κ1) is 15.7. The quantitative estimate of drug-likeness (QED) is 0.751. The molecule has 2 amide bonds. The molecular weight excluding hydrogens is 298 g/mol. The minimum Gasteiger partial charge on any atom is -0.369 e. The molecule has 2 aliphatic rings. The van der Waals surface area contributed by atoms with Crippen molar-refractivity contribution < 1.29 is 9.59 Å². The van der Waals surface area contributed by atoms with Crippen molar-refractivity contribution >= 4 is 11.8 Å². The van der Waals surface area contributed by atoms with Crippen molar-refractivity contribution in [3.05, 3.63) is 27.4 Å². The van der Waals surface area contributed by atoms with Crippen LogP contribution in [0, 0.1) is 12.8 Å². The van der Waals surface area contributed by atoms with E-state index in [0.29, 0.717) is 56.1 Å². The summed E-state index contributed by atoms with van der Waals surface area (Å²) in [6.45, 7) is 4.10. The van der Waals surface area contributed by atoms with Crippen molar-refractivity contribution in [2.24, 2.45) is 11.7 Å². The SMILES string of the molecule is Cc1nc2c(c(=O)[nH]1)CN(C(=O)C1CCN(CC(N)=O)CC1)C2. The van der Waals surface area contributed by atoms with Gasteiger partial charge in [-0.2, -0.15) is 0 Å². The zero-order valence-corrected chi connectivity index (χ0v) is 13.2. The summed E-state index contributed by atoms with van der Waals surface area (Å²) < 4.78 is 0. The number of carbonyl (C=O) groups is 2. The molecule has 1 aromatic heterocycles. The number of hydrogen-bond acceptors (Lipinski definition) is 5. The standard InChI is InChI=1S/C15H21N5O3/c1-9-17-12-7-20(6-11(12)14(22)18-9)15(23)10-2-4-19(5-3-10)8-13(16)21/h10H,2-8H2,1H3,(H2,16,21)(H,17,18,22). The molecule has 0 spiro atoms. The topological polar surface area (TPSA) is 112 Å². The predicted octanol–water partition coefficient (Wildman–Crippen LogP) is -0.882. The van der Waals surface area contributed by atoms with Gasteiger partial charge in [0.15, 0.2) is 0 Å². The number of aromatic amines is 1. The van der Waals surface area contributed by atoms with Gasteiger partial charge in [0, 0.05) is 5.92 Å². The number of rotatable bonds is 3. The number of aryl methyl sites for hydroxylation is 1. The summed E-state index contributed by atoms with van der Waals surface area (Å²) in [6.07, 6.45) is 1.42. The largest absolute Gasteiger partial charge is 0.369 e. The van der Waals surface area contributed by atoms with E-state index in [0.717, 1.165) is 0 Å². The first-order valence-electron chi connectivity index (χ1n) is 7.82. The first-order valence-corrected chi connectivity index (χ1v) is 7.82. The summed E-state index contributed by atoms with van der Waals surface area (Å²) in [4.78, 5) is 46.2. The zero-order valence-electron chi connectivity index (χ0n) is 13.2.